The fourth-order valence-corrected chi connectivity index (χ4v) is 7.06. The van der Waals surface area contributed by atoms with E-state index in [0.29, 0.717) is 37.4 Å². The second-order valence-electron chi connectivity index (χ2n) is 11.4. The first-order chi connectivity index (χ1) is 23.6. The van der Waals surface area contributed by atoms with E-state index < -0.39 is 16.9 Å². The quantitative estimate of drug-likeness (QED) is 0.0745. The number of allylic oxidation sites excluding steroid dienone is 1. The summed E-state index contributed by atoms with van der Waals surface area (Å²) >= 11 is 2.79. The van der Waals surface area contributed by atoms with Crippen LogP contribution >= 0.6 is 23.1 Å². The summed E-state index contributed by atoms with van der Waals surface area (Å²) in [5.74, 6) is -0.380. The lowest BCUT2D eigenvalue weighted by atomic mass is 9.96. The number of carbonyl (C=O) groups excluding carboxylic acids is 1. The number of carbonyl (C=O) groups is 1. The van der Waals surface area contributed by atoms with Crippen molar-refractivity contribution in [1.82, 2.24) is 14.3 Å². The monoisotopic (exact) mass is 695 g/mol. The van der Waals surface area contributed by atoms with E-state index in [1.807, 2.05) is 60.9 Å². The first kappa shape index (κ1) is 33.6. The predicted octanol–water partition coefficient (Wildman–Crippen LogP) is 6.07. The topological polar surface area (TPSA) is 131 Å². The molecule has 0 N–H and O–H groups in total. The summed E-state index contributed by atoms with van der Waals surface area (Å²) < 4.78 is 14.7. The average Bonchev–Trinajstić information content (AvgIpc) is 3.64. The smallest absolute Gasteiger partial charge is 0.338 e. The number of esters is 1. The van der Waals surface area contributed by atoms with Gasteiger partial charge in [0.05, 0.1) is 45.2 Å². The summed E-state index contributed by atoms with van der Waals surface area (Å²) in [6.07, 6.45) is 5.11. The van der Waals surface area contributed by atoms with E-state index in [1.165, 1.54) is 22.0 Å². The van der Waals surface area contributed by atoms with Gasteiger partial charge in [-0.05, 0) is 82.0 Å². The molecule has 0 aliphatic carbocycles. The van der Waals surface area contributed by atoms with E-state index in [0.717, 1.165) is 16.1 Å². The molecule has 0 saturated heterocycles. The van der Waals surface area contributed by atoms with Crippen LogP contribution in [-0.4, -0.2) is 44.2 Å². The van der Waals surface area contributed by atoms with Gasteiger partial charge >= 0.3 is 11.7 Å². The third-order valence-electron chi connectivity index (χ3n) is 7.79. The Labute approximate surface area is 290 Å². The van der Waals surface area contributed by atoms with Gasteiger partial charge in [-0.3, -0.25) is 19.5 Å². The first-order valence-corrected chi connectivity index (χ1v) is 17.6. The Kier molecular flexibility index (Phi) is 9.65. The molecule has 49 heavy (non-hydrogen) atoms. The van der Waals surface area contributed by atoms with Crippen LogP contribution in [0.4, 0.5) is 5.69 Å². The maximum absolute atomic E-state index is 14.4. The van der Waals surface area contributed by atoms with Crippen LogP contribution in [0.25, 0.3) is 23.0 Å². The Balaban J connectivity index is 1.56. The molecule has 6 rings (SSSR count). The molecule has 5 aromatic rings. The van der Waals surface area contributed by atoms with Crippen LogP contribution in [0.15, 0.2) is 105 Å². The minimum Gasteiger partial charge on any atom is -0.487 e. The largest absolute Gasteiger partial charge is 0.487 e. The van der Waals surface area contributed by atoms with Crippen molar-refractivity contribution >= 4 is 40.8 Å². The Hall–Kier alpha value is -5.27. The van der Waals surface area contributed by atoms with Crippen molar-refractivity contribution in [2.45, 2.75) is 44.7 Å². The fourth-order valence-electron chi connectivity index (χ4n) is 5.62. The van der Waals surface area contributed by atoms with E-state index >= 15 is 0 Å². The number of thiazole rings is 1. The fraction of sp³-hybridized carbons (Fsp3) is 0.222. The maximum Gasteiger partial charge on any atom is 0.338 e. The number of thioether (sulfide) groups is 1. The van der Waals surface area contributed by atoms with Gasteiger partial charge in [-0.15, -0.1) is 11.8 Å². The van der Waals surface area contributed by atoms with Gasteiger partial charge in [-0.25, -0.2) is 14.5 Å². The minimum atomic E-state index is -0.763. The molecule has 250 valence electrons. The van der Waals surface area contributed by atoms with Crippen molar-refractivity contribution < 1.29 is 19.2 Å². The van der Waals surface area contributed by atoms with Gasteiger partial charge in [0.15, 0.2) is 10.6 Å². The van der Waals surface area contributed by atoms with Gasteiger partial charge in [0, 0.05) is 28.3 Å². The van der Waals surface area contributed by atoms with E-state index in [2.05, 4.69) is 0 Å². The SMILES string of the molecule is CCOc1ccc(-c2nn(-c3ccccc3)cc2C=c2sc3n(c2=O)C(c2ccc(SC)cc2)C(C(=O)OC(C)C)=C(C)N=3)cc1[N+](=O)[O-]. The lowest BCUT2D eigenvalue weighted by Crippen LogP contribution is -2.40. The zero-order valence-corrected chi connectivity index (χ0v) is 29.1. The highest BCUT2D eigenvalue weighted by atomic mass is 32.2. The number of nitro groups is 1. The van der Waals surface area contributed by atoms with Crippen LogP contribution in [0.2, 0.25) is 0 Å². The number of nitro benzene ring substituents is 1. The second kappa shape index (κ2) is 14.1. The number of aromatic nitrogens is 3. The molecule has 0 radical (unpaired) electrons. The van der Waals surface area contributed by atoms with Crippen LogP contribution in [0.3, 0.4) is 0 Å². The molecule has 0 bridgehead atoms. The summed E-state index contributed by atoms with van der Waals surface area (Å²) in [6, 6.07) is 21.1. The van der Waals surface area contributed by atoms with Crippen molar-refractivity contribution in [2.24, 2.45) is 4.99 Å². The normalized spacial score (nSPS) is 14.5. The van der Waals surface area contributed by atoms with Gasteiger partial charge in [-0.1, -0.05) is 41.7 Å². The maximum atomic E-state index is 14.4. The molecular weight excluding hydrogens is 663 g/mol. The number of nitrogens with zero attached hydrogens (tertiary/aromatic N) is 5. The second-order valence-corrected chi connectivity index (χ2v) is 13.3. The number of benzene rings is 3. The van der Waals surface area contributed by atoms with Gasteiger partial charge in [0.25, 0.3) is 5.56 Å². The molecule has 1 aliphatic heterocycles. The lowest BCUT2D eigenvalue weighted by molar-refractivity contribution is -0.385. The number of rotatable bonds is 10. The number of ether oxygens (including phenoxy) is 2. The summed E-state index contributed by atoms with van der Waals surface area (Å²) in [6.45, 7) is 7.33. The summed E-state index contributed by atoms with van der Waals surface area (Å²) in [5.41, 5.74) is 3.21. The zero-order chi connectivity index (χ0) is 34.8. The standard InChI is InChI=1S/C36H33N5O6S2/c1-6-46-29-17-14-24(18-28(29)41(44)45)32-25(20-39(38-32)26-10-8-7-9-11-26)19-30-34(42)40-33(23-12-15-27(48-5)16-13-23)31(35(43)47-21(2)3)22(4)37-36(40)49-30/h7-21,33H,6H2,1-5H3. The molecule has 13 heteroatoms. The number of para-hydroxylation sites is 1. The Morgan fingerprint density at radius 2 is 1.86 bits per heavy atom. The average molecular weight is 696 g/mol. The molecule has 1 atom stereocenters. The molecule has 2 aromatic heterocycles. The van der Waals surface area contributed by atoms with E-state index in [9.17, 15) is 19.7 Å². The molecule has 1 aliphatic rings. The third-order valence-corrected chi connectivity index (χ3v) is 9.52. The van der Waals surface area contributed by atoms with Crippen LogP contribution < -0.4 is 19.6 Å². The Morgan fingerprint density at radius 3 is 2.51 bits per heavy atom. The highest BCUT2D eigenvalue weighted by Crippen LogP contribution is 2.35. The van der Waals surface area contributed by atoms with Crippen LogP contribution in [0.5, 0.6) is 5.75 Å². The molecule has 0 saturated carbocycles. The summed E-state index contributed by atoms with van der Waals surface area (Å²) in [5, 5.41) is 16.8. The van der Waals surface area contributed by atoms with Gasteiger partial charge in [0.2, 0.25) is 0 Å². The molecule has 11 nitrogen and oxygen atoms in total. The van der Waals surface area contributed by atoms with Crippen LogP contribution in [0, 0.1) is 10.1 Å². The van der Waals surface area contributed by atoms with Crippen molar-refractivity contribution in [3.63, 3.8) is 0 Å². The van der Waals surface area contributed by atoms with Crippen LogP contribution in [-0.2, 0) is 9.53 Å². The first-order valence-electron chi connectivity index (χ1n) is 15.5. The van der Waals surface area contributed by atoms with Crippen molar-refractivity contribution in [3.05, 3.63) is 131 Å². The van der Waals surface area contributed by atoms with E-state index in [4.69, 9.17) is 19.6 Å². The number of fused-ring (bicyclic) bond motifs is 1. The number of hydrogen-bond donors (Lipinski definition) is 0. The Bertz CT molecular complexity index is 2270. The van der Waals surface area contributed by atoms with E-state index in [-0.39, 0.29) is 29.7 Å². The minimum absolute atomic E-state index is 0.154. The highest BCUT2D eigenvalue weighted by Gasteiger charge is 2.34. The molecule has 0 fully saturated rings. The van der Waals surface area contributed by atoms with Gasteiger partial charge in [0.1, 0.15) is 5.69 Å². The molecular formula is C36H33N5O6S2. The third kappa shape index (κ3) is 6.72. The van der Waals surface area contributed by atoms with Crippen molar-refractivity contribution in [2.75, 3.05) is 12.9 Å². The van der Waals surface area contributed by atoms with Crippen molar-refractivity contribution in [1.29, 1.82) is 0 Å². The summed E-state index contributed by atoms with van der Waals surface area (Å²) in [4.78, 5) is 45.5. The lowest BCUT2D eigenvalue weighted by Gasteiger charge is -2.25. The molecule has 0 amide bonds. The van der Waals surface area contributed by atoms with Crippen LogP contribution in [0.1, 0.15) is 44.9 Å². The zero-order valence-electron chi connectivity index (χ0n) is 27.4. The number of hydrogen-bond acceptors (Lipinski definition) is 10. The molecule has 1 unspecified atom stereocenters. The van der Waals surface area contributed by atoms with Gasteiger partial charge < -0.3 is 9.47 Å². The van der Waals surface area contributed by atoms with Gasteiger partial charge in [-0.2, -0.15) is 5.10 Å². The van der Waals surface area contributed by atoms with E-state index in [1.54, 1.807) is 68.5 Å². The predicted molar refractivity (Wildman–Crippen MR) is 190 cm³/mol. The molecule has 3 heterocycles. The highest BCUT2D eigenvalue weighted by molar-refractivity contribution is 7.98. The Morgan fingerprint density at radius 1 is 1.12 bits per heavy atom. The molecule has 0 spiro atoms. The van der Waals surface area contributed by atoms with Crippen molar-refractivity contribution in [3.8, 4) is 22.7 Å². The molecule has 3 aromatic carbocycles. The summed E-state index contributed by atoms with van der Waals surface area (Å²) in [7, 11) is 0.